The number of alkyl halides is 1. The zero-order chi connectivity index (χ0) is 14.9. The maximum Gasteiger partial charge on any atom is 0.205 e. The Labute approximate surface area is 138 Å². The first-order chi connectivity index (χ1) is 10.1. The van der Waals surface area contributed by atoms with Crippen molar-refractivity contribution in [2.24, 2.45) is 0 Å². The lowest BCUT2D eigenvalue weighted by atomic mass is 10.1. The van der Waals surface area contributed by atoms with Crippen LogP contribution < -0.4 is 0 Å². The zero-order valence-electron chi connectivity index (χ0n) is 11.7. The minimum absolute atomic E-state index is 0.0823. The summed E-state index contributed by atoms with van der Waals surface area (Å²) < 4.78 is 12.2. The van der Waals surface area contributed by atoms with Crippen LogP contribution in [-0.2, 0) is 15.3 Å². The monoisotopic (exact) mass is 366 g/mol. The molecule has 2 aromatic rings. The molecule has 4 heteroatoms. The van der Waals surface area contributed by atoms with Crippen molar-refractivity contribution in [3.05, 3.63) is 70.2 Å². The van der Waals surface area contributed by atoms with E-state index in [9.17, 15) is 0 Å². The fourth-order valence-electron chi connectivity index (χ4n) is 2.46. The predicted molar refractivity (Wildman–Crippen MR) is 87.9 cm³/mol. The van der Waals surface area contributed by atoms with Crippen LogP contribution in [0.25, 0.3) is 0 Å². The molecule has 110 valence electrons. The van der Waals surface area contributed by atoms with Crippen molar-refractivity contribution in [1.82, 2.24) is 0 Å². The van der Waals surface area contributed by atoms with Gasteiger partial charge < -0.3 is 9.47 Å². The van der Waals surface area contributed by atoms with Crippen molar-refractivity contribution >= 4 is 27.5 Å². The highest BCUT2D eigenvalue weighted by Gasteiger charge is 2.42. The van der Waals surface area contributed by atoms with Crippen LogP contribution in [0.2, 0.25) is 5.02 Å². The Hall–Kier alpha value is -0.870. The van der Waals surface area contributed by atoms with Gasteiger partial charge in [0.25, 0.3) is 0 Å². The molecule has 0 aliphatic carbocycles. The second kappa shape index (κ2) is 6.09. The first-order valence-electron chi connectivity index (χ1n) is 6.83. The van der Waals surface area contributed by atoms with Gasteiger partial charge in [-0.15, -0.1) is 0 Å². The van der Waals surface area contributed by atoms with Crippen LogP contribution in [0.3, 0.4) is 0 Å². The highest BCUT2D eigenvalue weighted by Crippen LogP contribution is 2.41. The lowest BCUT2D eigenvalue weighted by Gasteiger charge is -2.26. The first kappa shape index (κ1) is 15.0. The van der Waals surface area contributed by atoms with Gasteiger partial charge in [0.2, 0.25) is 5.79 Å². The number of aryl methyl sites for hydroxylation is 1. The number of rotatable bonds is 3. The van der Waals surface area contributed by atoms with Gasteiger partial charge in [-0.2, -0.15) is 0 Å². The Balaban J connectivity index is 1.85. The van der Waals surface area contributed by atoms with Crippen molar-refractivity contribution < 1.29 is 9.47 Å². The molecule has 1 fully saturated rings. The summed E-state index contributed by atoms with van der Waals surface area (Å²) >= 11 is 9.46. The normalized spacial score (nSPS) is 25.2. The van der Waals surface area contributed by atoms with Crippen LogP contribution in [0.15, 0.2) is 48.5 Å². The van der Waals surface area contributed by atoms with E-state index < -0.39 is 5.79 Å². The highest BCUT2D eigenvalue weighted by atomic mass is 79.9. The molecule has 0 spiro atoms. The number of hydrogen-bond donors (Lipinski definition) is 0. The van der Waals surface area contributed by atoms with Crippen LogP contribution in [0.4, 0.5) is 0 Å². The highest BCUT2D eigenvalue weighted by molar-refractivity contribution is 9.09. The van der Waals surface area contributed by atoms with Gasteiger partial charge in [-0.25, -0.2) is 0 Å². The van der Waals surface area contributed by atoms with E-state index in [1.807, 2.05) is 24.3 Å². The molecule has 1 aliphatic heterocycles. The standard InChI is InChI=1S/C17H16BrClO2/c1-12-2-6-14(7-3-12)17(11-18)20-10-16(21-17)13-4-8-15(19)9-5-13/h2-9,16H,10-11H2,1H3/t16-,17+/m1/s1. The van der Waals surface area contributed by atoms with Crippen molar-refractivity contribution in [3.8, 4) is 0 Å². The molecule has 0 radical (unpaired) electrons. The molecule has 21 heavy (non-hydrogen) atoms. The van der Waals surface area contributed by atoms with Gasteiger partial charge in [-0.05, 0) is 24.6 Å². The van der Waals surface area contributed by atoms with E-state index in [0.717, 1.165) is 16.1 Å². The molecule has 2 aromatic carbocycles. The molecule has 0 aromatic heterocycles. The van der Waals surface area contributed by atoms with Gasteiger partial charge in [0.05, 0.1) is 11.9 Å². The molecular formula is C17H16BrClO2. The number of halogens is 2. The predicted octanol–water partition coefficient (Wildman–Crippen LogP) is 4.98. The van der Waals surface area contributed by atoms with Gasteiger partial charge in [0.15, 0.2) is 0 Å². The third-order valence-corrected chi connectivity index (χ3v) is 4.70. The van der Waals surface area contributed by atoms with Gasteiger partial charge in [0.1, 0.15) is 6.10 Å². The van der Waals surface area contributed by atoms with E-state index in [0.29, 0.717) is 11.9 Å². The summed E-state index contributed by atoms with van der Waals surface area (Å²) in [4.78, 5) is 0. The van der Waals surface area contributed by atoms with E-state index in [-0.39, 0.29) is 6.10 Å². The molecule has 0 bridgehead atoms. The lowest BCUT2D eigenvalue weighted by Crippen LogP contribution is -2.29. The molecule has 1 saturated heterocycles. The summed E-state index contributed by atoms with van der Waals surface area (Å²) in [5, 5.41) is 1.32. The largest absolute Gasteiger partial charge is 0.342 e. The van der Waals surface area contributed by atoms with Crippen LogP contribution in [0.5, 0.6) is 0 Å². The Bertz CT molecular complexity index is 612. The summed E-state index contributed by atoms with van der Waals surface area (Å²) in [6.07, 6.45) is -0.0823. The van der Waals surface area contributed by atoms with E-state index in [1.54, 1.807) is 0 Å². The quantitative estimate of drug-likeness (QED) is 0.712. The smallest absolute Gasteiger partial charge is 0.205 e. The minimum atomic E-state index is -0.724. The molecule has 1 aliphatic rings. The topological polar surface area (TPSA) is 18.5 Å². The van der Waals surface area contributed by atoms with E-state index in [2.05, 4.69) is 47.1 Å². The molecule has 1 heterocycles. The number of hydrogen-bond acceptors (Lipinski definition) is 2. The molecule has 0 N–H and O–H groups in total. The molecule has 3 rings (SSSR count). The third-order valence-electron chi connectivity index (χ3n) is 3.71. The van der Waals surface area contributed by atoms with Crippen LogP contribution >= 0.6 is 27.5 Å². The second-order valence-electron chi connectivity index (χ2n) is 5.22. The third kappa shape index (κ3) is 3.02. The van der Waals surface area contributed by atoms with Crippen molar-refractivity contribution in [3.63, 3.8) is 0 Å². The lowest BCUT2D eigenvalue weighted by molar-refractivity contribution is -0.157. The maximum absolute atomic E-state index is 6.24. The molecule has 2 nitrogen and oxygen atoms in total. The minimum Gasteiger partial charge on any atom is -0.342 e. The summed E-state index contributed by atoms with van der Waals surface area (Å²) in [5.74, 6) is -0.724. The SMILES string of the molecule is Cc1ccc([C@@]2(CBr)OC[C@H](c3ccc(Cl)cc3)O2)cc1. The van der Waals surface area contributed by atoms with Crippen LogP contribution in [0, 0.1) is 6.92 Å². The van der Waals surface area contributed by atoms with Gasteiger partial charge in [-0.1, -0.05) is 69.5 Å². The Morgan fingerprint density at radius 2 is 1.81 bits per heavy atom. The molecule has 0 unspecified atom stereocenters. The van der Waals surface area contributed by atoms with Crippen LogP contribution in [-0.4, -0.2) is 11.9 Å². The average Bonchev–Trinajstić information content (AvgIpc) is 2.94. The van der Waals surface area contributed by atoms with Crippen molar-refractivity contribution in [2.75, 3.05) is 11.9 Å². The van der Waals surface area contributed by atoms with Crippen molar-refractivity contribution in [2.45, 2.75) is 18.8 Å². The van der Waals surface area contributed by atoms with Crippen molar-refractivity contribution in [1.29, 1.82) is 0 Å². The summed E-state index contributed by atoms with van der Waals surface area (Å²) in [6, 6.07) is 16.0. The fourth-order valence-corrected chi connectivity index (χ4v) is 3.20. The molecule has 0 saturated carbocycles. The number of ether oxygens (including phenoxy) is 2. The van der Waals surface area contributed by atoms with E-state index in [4.69, 9.17) is 21.1 Å². The molecule has 2 atom stereocenters. The Morgan fingerprint density at radius 1 is 1.14 bits per heavy atom. The van der Waals surface area contributed by atoms with Crippen LogP contribution in [0.1, 0.15) is 22.8 Å². The first-order valence-corrected chi connectivity index (χ1v) is 8.33. The molecular weight excluding hydrogens is 352 g/mol. The zero-order valence-corrected chi connectivity index (χ0v) is 14.0. The molecule has 0 amide bonds. The maximum atomic E-state index is 6.24. The summed E-state index contributed by atoms with van der Waals surface area (Å²) in [5.41, 5.74) is 3.33. The average molecular weight is 368 g/mol. The van der Waals surface area contributed by atoms with Gasteiger partial charge in [0, 0.05) is 10.6 Å². The fraction of sp³-hybridized carbons (Fsp3) is 0.294. The summed E-state index contributed by atoms with van der Waals surface area (Å²) in [6.45, 7) is 2.60. The summed E-state index contributed by atoms with van der Waals surface area (Å²) in [7, 11) is 0. The van der Waals surface area contributed by atoms with E-state index >= 15 is 0 Å². The van der Waals surface area contributed by atoms with Gasteiger partial charge >= 0.3 is 0 Å². The van der Waals surface area contributed by atoms with Gasteiger partial charge in [-0.3, -0.25) is 0 Å². The Kier molecular flexibility index (Phi) is 4.36. The Morgan fingerprint density at radius 3 is 2.43 bits per heavy atom. The van der Waals surface area contributed by atoms with E-state index in [1.165, 1.54) is 5.56 Å². The number of benzene rings is 2. The second-order valence-corrected chi connectivity index (χ2v) is 6.22.